The van der Waals surface area contributed by atoms with Gasteiger partial charge in [0.25, 0.3) is 0 Å². The zero-order valence-corrected chi connectivity index (χ0v) is 17.5. The van der Waals surface area contributed by atoms with Crippen LogP contribution in [-0.4, -0.2) is 10.2 Å². The molecule has 0 bridgehead atoms. The quantitative estimate of drug-likeness (QED) is 0.578. The van der Waals surface area contributed by atoms with E-state index in [1.807, 2.05) is 13.8 Å². The van der Waals surface area contributed by atoms with Gasteiger partial charge in [-0.25, -0.2) is 0 Å². The molecule has 2 nitrogen and oxygen atoms in total. The number of benzene rings is 3. The first-order valence-corrected chi connectivity index (χ1v) is 11.3. The number of aliphatic hydroxyl groups is 2. The summed E-state index contributed by atoms with van der Waals surface area (Å²) in [4.78, 5) is 0. The number of aliphatic hydroxyl groups excluding tert-OH is 1. The van der Waals surface area contributed by atoms with E-state index in [9.17, 15) is 10.2 Å². The van der Waals surface area contributed by atoms with Crippen molar-refractivity contribution in [2.45, 2.75) is 63.6 Å². The van der Waals surface area contributed by atoms with Crippen molar-refractivity contribution in [3.8, 4) is 0 Å². The first-order valence-electron chi connectivity index (χ1n) is 11.3. The van der Waals surface area contributed by atoms with Gasteiger partial charge in [-0.1, -0.05) is 36.4 Å². The molecule has 0 radical (unpaired) electrons. The van der Waals surface area contributed by atoms with Crippen LogP contribution in [0, 0.1) is 0 Å². The van der Waals surface area contributed by atoms with Gasteiger partial charge in [0, 0.05) is 5.92 Å². The highest BCUT2D eigenvalue weighted by Crippen LogP contribution is 2.57. The van der Waals surface area contributed by atoms with Crippen LogP contribution < -0.4 is 0 Å². The van der Waals surface area contributed by atoms with Crippen molar-refractivity contribution in [3.05, 3.63) is 86.5 Å². The van der Waals surface area contributed by atoms with Crippen LogP contribution in [0.4, 0.5) is 0 Å². The van der Waals surface area contributed by atoms with Crippen molar-refractivity contribution in [1.82, 2.24) is 0 Å². The molecule has 150 valence electrons. The molecule has 0 amide bonds. The molecule has 0 saturated heterocycles. The second-order valence-corrected chi connectivity index (χ2v) is 9.89. The van der Waals surface area contributed by atoms with Gasteiger partial charge in [0.2, 0.25) is 0 Å². The fraction of sp³-hybridized carbons (Fsp3) is 0.357. The van der Waals surface area contributed by atoms with Crippen LogP contribution in [0.25, 0.3) is 16.3 Å². The number of hydrogen-bond donors (Lipinski definition) is 2. The van der Waals surface area contributed by atoms with Crippen LogP contribution >= 0.6 is 0 Å². The second-order valence-electron chi connectivity index (χ2n) is 9.89. The average molecular weight is 395 g/mol. The normalized spacial score (nSPS) is 25.9. The van der Waals surface area contributed by atoms with E-state index in [1.165, 1.54) is 49.7 Å². The van der Waals surface area contributed by atoms with Gasteiger partial charge in [-0.15, -0.1) is 0 Å². The van der Waals surface area contributed by atoms with Gasteiger partial charge in [0.05, 0.1) is 6.10 Å². The molecule has 0 heterocycles. The molecule has 3 aromatic carbocycles. The monoisotopic (exact) mass is 394 g/mol. The van der Waals surface area contributed by atoms with Gasteiger partial charge < -0.3 is 10.2 Å². The van der Waals surface area contributed by atoms with Gasteiger partial charge in [-0.05, 0) is 112 Å². The summed E-state index contributed by atoms with van der Waals surface area (Å²) >= 11 is 0. The van der Waals surface area contributed by atoms with Crippen molar-refractivity contribution in [2.24, 2.45) is 0 Å². The Morgan fingerprint density at radius 3 is 2.50 bits per heavy atom. The van der Waals surface area contributed by atoms with Gasteiger partial charge in [-0.3, -0.25) is 0 Å². The smallest absolute Gasteiger partial charge is 0.112 e. The summed E-state index contributed by atoms with van der Waals surface area (Å²) in [5.74, 6) is 0.259. The molecule has 0 aliphatic heterocycles. The standard InChI is InChI=1S/C28H26O2/c1-14(29)19-10-7-16-5-6-18-13-22-26(27(19)24(16)18)20-11-8-15-3-4-17-9-12-21(28(22,2)30)25(20)23(15)17/h7-10,12-14,20,29-30H,3-6,11H2,1-2H3. The lowest BCUT2D eigenvalue weighted by atomic mass is 9.64. The summed E-state index contributed by atoms with van der Waals surface area (Å²) in [7, 11) is 0. The zero-order valence-electron chi connectivity index (χ0n) is 17.5. The van der Waals surface area contributed by atoms with Crippen LogP contribution in [0.1, 0.15) is 88.8 Å². The highest BCUT2D eigenvalue weighted by molar-refractivity contribution is 5.99. The highest BCUT2D eigenvalue weighted by Gasteiger charge is 2.45. The Morgan fingerprint density at radius 2 is 1.67 bits per heavy atom. The van der Waals surface area contributed by atoms with E-state index in [1.54, 1.807) is 0 Å². The number of rotatable bonds is 1. The third-order valence-electron chi connectivity index (χ3n) is 8.30. The molecule has 0 saturated carbocycles. The Balaban J connectivity index is 1.67. The molecule has 4 aliphatic carbocycles. The van der Waals surface area contributed by atoms with E-state index in [4.69, 9.17) is 0 Å². The lowest BCUT2D eigenvalue weighted by Crippen LogP contribution is -2.34. The predicted octanol–water partition coefficient (Wildman–Crippen LogP) is 5.43. The lowest BCUT2D eigenvalue weighted by molar-refractivity contribution is 0.0964. The molecular weight excluding hydrogens is 368 g/mol. The number of aryl methyl sites for hydroxylation is 3. The maximum atomic E-state index is 12.0. The molecule has 0 aromatic heterocycles. The Morgan fingerprint density at radius 1 is 0.900 bits per heavy atom. The summed E-state index contributed by atoms with van der Waals surface area (Å²) < 4.78 is 0. The predicted molar refractivity (Wildman–Crippen MR) is 120 cm³/mol. The van der Waals surface area contributed by atoms with Crippen molar-refractivity contribution < 1.29 is 10.2 Å². The van der Waals surface area contributed by atoms with Crippen LogP contribution in [-0.2, 0) is 24.9 Å². The Bertz CT molecular complexity index is 1320. The number of allylic oxidation sites excluding steroid dienone is 2. The Labute approximate surface area is 176 Å². The van der Waals surface area contributed by atoms with Crippen molar-refractivity contribution in [1.29, 1.82) is 0 Å². The summed E-state index contributed by atoms with van der Waals surface area (Å²) in [5.41, 5.74) is 11.8. The topological polar surface area (TPSA) is 40.5 Å². The first kappa shape index (κ1) is 17.3. The molecule has 30 heavy (non-hydrogen) atoms. The summed E-state index contributed by atoms with van der Waals surface area (Å²) in [6.45, 7) is 3.85. The summed E-state index contributed by atoms with van der Waals surface area (Å²) in [6.07, 6.45) is 7.21. The van der Waals surface area contributed by atoms with Gasteiger partial charge in [-0.2, -0.15) is 0 Å². The van der Waals surface area contributed by atoms with Gasteiger partial charge in [0.15, 0.2) is 0 Å². The minimum absolute atomic E-state index is 0.259. The van der Waals surface area contributed by atoms with Crippen molar-refractivity contribution in [3.63, 3.8) is 0 Å². The van der Waals surface area contributed by atoms with E-state index in [0.29, 0.717) is 0 Å². The molecule has 3 unspecified atom stereocenters. The SMILES string of the molecule is CC(O)c1ccc2c3c(cc4c(c13)C1CC=C3CCc5ccc(c1c53)C4(C)O)CC2. The fourth-order valence-electron chi connectivity index (χ4n) is 6.99. The van der Waals surface area contributed by atoms with E-state index >= 15 is 0 Å². The van der Waals surface area contributed by atoms with E-state index in [0.717, 1.165) is 48.8 Å². The van der Waals surface area contributed by atoms with Crippen LogP contribution in [0.5, 0.6) is 0 Å². The van der Waals surface area contributed by atoms with Gasteiger partial charge >= 0.3 is 0 Å². The Kier molecular flexibility index (Phi) is 3.13. The molecule has 2 heteroatoms. The summed E-state index contributed by atoms with van der Waals surface area (Å²) in [6, 6.07) is 11.1. The largest absolute Gasteiger partial charge is 0.389 e. The molecular formula is C28H26O2. The third kappa shape index (κ3) is 1.88. The molecule has 7 rings (SSSR count). The van der Waals surface area contributed by atoms with Crippen molar-refractivity contribution in [2.75, 3.05) is 0 Å². The molecule has 0 fully saturated rings. The highest BCUT2D eigenvalue weighted by atomic mass is 16.3. The lowest BCUT2D eigenvalue weighted by Gasteiger charge is -2.42. The summed E-state index contributed by atoms with van der Waals surface area (Å²) in [5, 5.41) is 25.2. The number of hydrogen-bond acceptors (Lipinski definition) is 2. The Hall–Kier alpha value is -2.42. The molecule has 4 aliphatic rings. The first-order chi connectivity index (χ1) is 14.5. The minimum Gasteiger partial charge on any atom is -0.389 e. The van der Waals surface area contributed by atoms with E-state index in [2.05, 4.69) is 36.4 Å². The van der Waals surface area contributed by atoms with Gasteiger partial charge in [0.1, 0.15) is 5.60 Å². The fourth-order valence-corrected chi connectivity index (χ4v) is 6.99. The third-order valence-corrected chi connectivity index (χ3v) is 8.30. The van der Waals surface area contributed by atoms with Crippen molar-refractivity contribution >= 4 is 16.3 Å². The molecule has 3 aromatic rings. The average Bonchev–Trinajstić information content (AvgIpc) is 3.34. The van der Waals surface area contributed by atoms with Crippen LogP contribution in [0.3, 0.4) is 0 Å². The minimum atomic E-state index is -1.01. The maximum Gasteiger partial charge on any atom is 0.112 e. The molecule has 2 N–H and O–H groups in total. The number of fused-ring (bicyclic) bond motifs is 3. The molecule has 0 spiro atoms. The van der Waals surface area contributed by atoms with E-state index < -0.39 is 11.7 Å². The maximum absolute atomic E-state index is 12.0. The van der Waals surface area contributed by atoms with Crippen LogP contribution in [0.2, 0.25) is 0 Å². The molecule has 3 atom stereocenters. The zero-order chi connectivity index (χ0) is 20.4. The van der Waals surface area contributed by atoms with E-state index in [-0.39, 0.29) is 5.92 Å². The second kappa shape index (κ2) is 5.43. The van der Waals surface area contributed by atoms with Crippen LogP contribution in [0.15, 0.2) is 36.4 Å².